The summed E-state index contributed by atoms with van der Waals surface area (Å²) in [5.74, 6) is 0. The highest BCUT2D eigenvalue weighted by Crippen LogP contribution is 2.11. The van der Waals surface area contributed by atoms with Gasteiger partial charge in [0.05, 0.1) is 17.7 Å². The van der Waals surface area contributed by atoms with Crippen LogP contribution < -0.4 is 5.32 Å². The van der Waals surface area contributed by atoms with Crippen molar-refractivity contribution in [2.45, 2.75) is 20.0 Å². The molecule has 2 aromatic rings. The molecule has 0 radical (unpaired) electrons. The van der Waals surface area contributed by atoms with Gasteiger partial charge in [-0.05, 0) is 18.1 Å². The minimum atomic E-state index is -0.392. The minimum absolute atomic E-state index is 0.121. The number of rotatable bonds is 6. The van der Waals surface area contributed by atoms with Gasteiger partial charge in [0.2, 0.25) is 0 Å². The van der Waals surface area contributed by atoms with E-state index in [9.17, 15) is 10.1 Å². The summed E-state index contributed by atoms with van der Waals surface area (Å²) >= 11 is 0. The fraction of sp³-hybridized carbons (Fsp3) is 0.308. The molecule has 6 nitrogen and oxygen atoms in total. The molecule has 0 atom stereocenters. The van der Waals surface area contributed by atoms with Gasteiger partial charge < -0.3 is 5.32 Å². The van der Waals surface area contributed by atoms with Gasteiger partial charge in [-0.3, -0.25) is 14.8 Å². The summed E-state index contributed by atoms with van der Waals surface area (Å²) in [6, 6.07) is 6.58. The first-order valence-electron chi connectivity index (χ1n) is 6.08. The predicted octanol–water partition coefficient (Wildman–Crippen LogP) is 1.89. The molecule has 1 aromatic heterocycles. The van der Waals surface area contributed by atoms with E-state index in [-0.39, 0.29) is 5.69 Å². The van der Waals surface area contributed by atoms with Crippen LogP contribution in [0.3, 0.4) is 0 Å². The third-order valence-electron chi connectivity index (χ3n) is 2.76. The lowest BCUT2D eigenvalue weighted by Crippen LogP contribution is -2.19. The van der Waals surface area contributed by atoms with Crippen LogP contribution in [0.5, 0.6) is 0 Å². The van der Waals surface area contributed by atoms with Gasteiger partial charge in [-0.1, -0.05) is 12.1 Å². The average molecular weight is 260 g/mol. The second-order valence-electron chi connectivity index (χ2n) is 4.38. The molecule has 0 unspecified atom stereocenters. The van der Waals surface area contributed by atoms with Crippen molar-refractivity contribution in [2.75, 3.05) is 6.54 Å². The standard InChI is InChI=1S/C13H16N4O2/c1-11-8-15-16(10-11)7-6-14-9-12-2-4-13(5-3-12)17(18)19/h2-5,8,10,14H,6-7,9H2,1H3. The fourth-order valence-electron chi connectivity index (χ4n) is 1.75. The van der Waals surface area contributed by atoms with E-state index in [1.54, 1.807) is 12.1 Å². The number of benzene rings is 1. The van der Waals surface area contributed by atoms with E-state index < -0.39 is 4.92 Å². The Morgan fingerprint density at radius 3 is 2.68 bits per heavy atom. The van der Waals surface area contributed by atoms with Gasteiger partial charge in [0, 0.05) is 31.4 Å². The van der Waals surface area contributed by atoms with E-state index in [1.807, 2.05) is 24.0 Å². The number of nitro groups is 1. The molecule has 0 saturated heterocycles. The van der Waals surface area contributed by atoms with Gasteiger partial charge in [-0.15, -0.1) is 0 Å². The smallest absolute Gasteiger partial charge is 0.269 e. The van der Waals surface area contributed by atoms with Gasteiger partial charge in [0.1, 0.15) is 0 Å². The van der Waals surface area contributed by atoms with Crippen molar-refractivity contribution >= 4 is 5.69 Å². The molecule has 6 heteroatoms. The van der Waals surface area contributed by atoms with E-state index in [2.05, 4.69) is 10.4 Å². The molecular weight excluding hydrogens is 244 g/mol. The van der Waals surface area contributed by atoms with Crippen molar-refractivity contribution in [3.8, 4) is 0 Å². The first kappa shape index (κ1) is 13.2. The molecule has 0 spiro atoms. The first-order chi connectivity index (χ1) is 9.15. The topological polar surface area (TPSA) is 73.0 Å². The quantitative estimate of drug-likeness (QED) is 0.489. The lowest BCUT2D eigenvalue weighted by atomic mass is 10.2. The van der Waals surface area contributed by atoms with E-state index in [0.29, 0.717) is 6.54 Å². The van der Waals surface area contributed by atoms with E-state index in [4.69, 9.17) is 0 Å². The lowest BCUT2D eigenvalue weighted by molar-refractivity contribution is -0.384. The van der Waals surface area contributed by atoms with Crippen molar-refractivity contribution < 1.29 is 4.92 Å². The van der Waals surface area contributed by atoms with Crippen LogP contribution >= 0.6 is 0 Å². The number of aryl methyl sites for hydroxylation is 1. The van der Waals surface area contributed by atoms with Crippen LogP contribution in [0.4, 0.5) is 5.69 Å². The Morgan fingerprint density at radius 1 is 1.37 bits per heavy atom. The van der Waals surface area contributed by atoms with Crippen LogP contribution in [-0.2, 0) is 13.1 Å². The van der Waals surface area contributed by atoms with Crippen LogP contribution in [-0.4, -0.2) is 21.2 Å². The summed E-state index contributed by atoms with van der Waals surface area (Å²) in [5.41, 5.74) is 2.30. The van der Waals surface area contributed by atoms with E-state index >= 15 is 0 Å². The van der Waals surface area contributed by atoms with Crippen molar-refractivity contribution in [3.63, 3.8) is 0 Å². The lowest BCUT2D eigenvalue weighted by Gasteiger charge is -2.05. The normalized spacial score (nSPS) is 10.6. The summed E-state index contributed by atoms with van der Waals surface area (Å²) in [6.07, 6.45) is 3.82. The van der Waals surface area contributed by atoms with Crippen LogP contribution in [0.25, 0.3) is 0 Å². The largest absolute Gasteiger partial charge is 0.311 e. The summed E-state index contributed by atoms with van der Waals surface area (Å²) in [5, 5.41) is 18.0. The highest BCUT2D eigenvalue weighted by molar-refractivity contribution is 5.32. The molecule has 1 aromatic carbocycles. The number of aromatic nitrogens is 2. The number of nitrogens with one attached hydrogen (secondary N) is 1. The van der Waals surface area contributed by atoms with E-state index in [0.717, 1.165) is 24.2 Å². The molecule has 0 aliphatic rings. The zero-order chi connectivity index (χ0) is 13.7. The van der Waals surface area contributed by atoms with Crippen LogP contribution in [0.1, 0.15) is 11.1 Å². The molecule has 19 heavy (non-hydrogen) atoms. The van der Waals surface area contributed by atoms with Crippen molar-refractivity contribution in [2.24, 2.45) is 0 Å². The minimum Gasteiger partial charge on any atom is -0.311 e. The van der Waals surface area contributed by atoms with Crippen molar-refractivity contribution in [3.05, 3.63) is 57.9 Å². The third kappa shape index (κ3) is 3.89. The molecular formula is C13H16N4O2. The molecule has 1 N–H and O–H groups in total. The molecule has 1 heterocycles. The Hall–Kier alpha value is -2.21. The molecule has 100 valence electrons. The SMILES string of the molecule is Cc1cnn(CCNCc2ccc([N+](=O)[O-])cc2)c1. The van der Waals surface area contributed by atoms with Gasteiger partial charge >= 0.3 is 0 Å². The number of nitro benzene ring substituents is 1. The third-order valence-corrected chi connectivity index (χ3v) is 2.76. The Balaban J connectivity index is 1.75. The molecule has 0 fully saturated rings. The zero-order valence-corrected chi connectivity index (χ0v) is 10.7. The Morgan fingerprint density at radius 2 is 2.11 bits per heavy atom. The molecule has 0 saturated carbocycles. The monoisotopic (exact) mass is 260 g/mol. The summed E-state index contributed by atoms with van der Waals surface area (Å²) < 4.78 is 1.89. The van der Waals surface area contributed by atoms with Gasteiger partial charge in [0.25, 0.3) is 5.69 Å². The van der Waals surface area contributed by atoms with Gasteiger partial charge in [-0.2, -0.15) is 5.10 Å². The maximum atomic E-state index is 10.5. The van der Waals surface area contributed by atoms with Crippen molar-refractivity contribution in [1.29, 1.82) is 0 Å². The predicted molar refractivity (Wildman–Crippen MR) is 71.8 cm³/mol. The van der Waals surface area contributed by atoms with Gasteiger partial charge in [-0.25, -0.2) is 0 Å². The summed E-state index contributed by atoms with van der Waals surface area (Å²) in [4.78, 5) is 10.1. The highest BCUT2D eigenvalue weighted by atomic mass is 16.6. The van der Waals surface area contributed by atoms with E-state index in [1.165, 1.54) is 12.1 Å². The number of nitrogens with zero attached hydrogens (tertiary/aromatic N) is 3. The fourth-order valence-corrected chi connectivity index (χ4v) is 1.75. The number of hydrogen-bond donors (Lipinski definition) is 1. The Bertz CT molecular complexity index is 548. The van der Waals surface area contributed by atoms with Crippen molar-refractivity contribution in [1.82, 2.24) is 15.1 Å². The molecule has 0 amide bonds. The summed E-state index contributed by atoms with van der Waals surface area (Å²) in [6.45, 7) is 4.31. The number of hydrogen-bond acceptors (Lipinski definition) is 4. The maximum Gasteiger partial charge on any atom is 0.269 e. The molecule has 0 bridgehead atoms. The molecule has 2 rings (SSSR count). The van der Waals surface area contributed by atoms with Crippen LogP contribution in [0.2, 0.25) is 0 Å². The van der Waals surface area contributed by atoms with Crippen LogP contribution in [0.15, 0.2) is 36.7 Å². The molecule has 0 aliphatic heterocycles. The average Bonchev–Trinajstić information content (AvgIpc) is 2.81. The number of non-ortho nitro benzene ring substituents is 1. The Kier molecular flexibility index (Phi) is 4.25. The Labute approximate surface area is 111 Å². The second-order valence-corrected chi connectivity index (χ2v) is 4.38. The zero-order valence-electron chi connectivity index (χ0n) is 10.7. The van der Waals surface area contributed by atoms with Gasteiger partial charge in [0.15, 0.2) is 0 Å². The summed E-state index contributed by atoms with van der Waals surface area (Å²) in [7, 11) is 0. The maximum absolute atomic E-state index is 10.5. The van der Waals surface area contributed by atoms with Crippen LogP contribution in [0, 0.1) is 17.0 Å². The second kappa shape index (κ2) is 6.10. The highest BCUT2D eigenvalue weighted by Gasteiger charge is 2.03. The molecule has 0 aliphatic carbocycles. The first-order valence-corrected chi connectivity index (χ1v) is 6.08.